The summed E-state index contributed by atoms with van der Waals surface area (Å²) in [6, 6.07) is 0.305. The summed E-state index contributed by atoms with van der Waals surface area (Å²) in [4.78, 5) is 9.51. The van der Waals surface area contributed by atoms with Gasteiger partial charge in [-0.05, 0) is 19.4 Å². The third kappa shape index (κ3) is 3.19. The number of thiazole rings is 1. The van der Waals surface area contributed by atoms with Crippen LogP contribution in [0.3, 0.4) is 0 Å². The second-order valence-electron chi connectivity index (χ2n) is 4.94. The molecule has 19 heavy (non-hydrogen) atoms. The Morgan fingerprint density at radius 2 is 2.16 bits per heavy atom. The molecule has 2 unspecified atom stereocenters. The highest BCUT2D eigenvalue weighted by Crippen LogP contribution is 2.29. The Kier molecular flexibility index (Phi) is 4.66. The Morgan fingerprint density at radius 3 is 2.74 bits per heavy atom. The van der Waals surface area contributed by atoms with Crippen LogP contribution in [0.2, 0.25) is 0 Å². The average Bonchev–Trinajstić information content (AvgIpc) is 2.98. The van der Waals surface area contributed by atoms with E-state index in [1.807, 2.05) is 0 Å². The number of nitrogens with one attached hydrogen (secondary N) is 1. The third-order valence-electron chi connectivity index (χ3n) is 3.16. The zero-order valence-electron chi connectivity index (χ0n) is 11.8. The highest BCUT2D eigenvalue weighted by molar-refractivity contribution is 7.13. The van der Waals surface area contributed by atoms with Crippen LogP contribution in [0.25, 0.3) is 10.7 Å². The summed E-state index contributed by atoms with van der Waals surface area (Å²) in [5, 5.41) is 7.49. The van der Waals surface area contributed by atoms with Gasteiger partial charge >= 0.3 is 0 Å². The fourth-order valence-electron chi connectivity index (χ4n) is 2.32. The predicted octanol–water partition coefficient (Wildman–Crippen LogP) is 2.93. The monoisotopic (exact) mass is 280 g/mol. The number of hydrogen-bond acceptors (Lipinski definition) is 6. The van der Waals surface area contributed by atoms with Crippen molar-refractivity contribution in [3.8, 4) is 10.7 Å². The molecule has 5 nitrogen and oxygen atoms in total. The van der Waals surface area contributed by atoms with Crippen molar-refractivity contribution in [3.05, 3.63) is 17.6 Å². The van der Waals surface area contributed by atoms with Crippen LogP contribution in [0.5, 0.6) is 0 Å². The van der Waals surface area contributed by atoms with E-state index >= 15 is 0 Å². The molecule has 0 aliphatic rings. The smallest absolute Gasteiger partial charge is 0.231 e. The van der Waals surface area contributed by atoms with E-state index < -0.39 is 0 Å². The second kappa shape index (κ2) is 6.25. The zero-order valence-corrected chi connectivity index (χ0v) is 12.6. The summed E-state index contributed by atoms with van der Waals surface area (Å²) >= 11 is 1.52. The number of aromatic nitrogens is 3. The molecule has 0 amide bonds. The fourth-order valence-corrected chi connectivity index (χ4v) is 2.87. The Morgan fingerprint density at radius 1 is 1.37 bits per heavy atom. The molecule has 2 atom stereocenters. The molecule has 2 aromatic heterocycles. The second-order valence-corrected chi connectivity index (χ2v) is 5.82. The summed E-state index contributed by atoms with van der Waals surface area (Å²) in [6.45, 7) is 9.54. The van der Waals surface area contributed by atoms with Crippen molar-refractivity contribution in [2.75, 3.05) is 6.54 Å². The van der Waals surface area contributed by atoms with Crippen LogP contribution < -0.4 is 5.32 Å². The van der Waals surface area contributed by atoms with Crippen molar-refractivity contribution in [2.24, 2.45) is 5.92 Å². The van der Waals surface area contributed by atoms with E-state index in [-0.39, 0.29) is 5.92 Å². The normalized spacial score (nSPS) is 14.8. The molecule has 2 heterocycles. The van der Waals surface area contributed by atoms with Gasteiger partial charge in [-0.3, -0.25) is 4.98 Å². The summed E-state index contributed by atoms with van der Waals surface area (Å²) in [6.07, 6.45) is 1.76. The van der Waals surface area contributed by atoms with Crippen LogP contribution in [-0.2, 0) is 0 Å². The molecule has 0 aromatic carbocycles. The molecule has 0 fully saturated rings. The van der Waals surface area contributed by atoms with E-state index in [1.54, 1.807) is 11.7 Å². The van der Waals surface area contributed by atoms with Gasteiger partial charge in [0.2, 0.25) is 11.7 Å². The van der Waals surface area contributed by atoms with Gasteiger partial charge in [0.05, 0.1) is 16.3 Å². The molecule has 104 valence electrons. The maximum Gasteiger partial charge on any atom is 0.231 e. The van der Waals surface area contributed by atoms with Crippen LogP contribution in [-0.4, -0.2) is 27.7 Å². The molecule has 0 aliphatic heterocycles. The van der Waals surface area contributed by atoms with Gasteiger partial charge in [-0.25, -0.2) is 0 Å². The van der Waals surface area contributed by atoms with Gasteiger partial charge in [0.1, 0.15) is 0 Å². The van der Waals surface area contributed by atoms with Crippen molar-refractivity contribution < 1.29 is 4.52 Å². The first-order valence-electron chi connectivity index (χ1n) is 6.59. The zero-order chi connectivity index (χ0) is 13.8. The van der Waals surface area contributed by atoms with Crippen LogP contribution in [0.1, 0.15) is 39.5 Å². The molecule has 0 saturated carbocycles. The lowest BCUT2D eigenvalue weighted by Gasteiger charge is -2.24. The number of likely N-dealkylation sites (N-methyl/N-ethyl adjacent to an activating group) is 1. The third-order valence-corrected chi connectivity index (χ3v) is 3.93. The lowest BCUT2D eigenvalue weighted by Crippen LogP contribution is -2.34. The lowest BCUT2D eigenvalue weighted by atomic mass is 9.89. The van der Waals surface area contributed by atoms with E-state index in [0.29, 0.717) is 23.7 Å². The van der Waals surface area contributed by atoms with Gasteiger partial charge in [0.15, 0.2) is 0 Å². The van der Waals surface area contributed by atoms with Gasteiger partial charge in [-0.15, -0.1) is 11.3 Å². The Balaban J connectivity index is 2.23. The fraction of sp³-hybridized carbons (Fsp3) is 0.615. The first-order valence-corrected chi connectivity index (χ1v) is 7.47. The largest absolute Gasteiger partial charge is 0.339 e. The Labute approximate surface area is 117 Å². The molecule has 0 aliphatic carbocycles. The van der Waals surface area contributed by atoms with Gasteiger partial charge in [-0.2, -0.15) is 4.98 Å². The minimum Gasteiger partial charge on any atom is -0.339 e. The minimum atomic E-state index is 0.217. The van der Waals surface area contributed by atoms with Crippen molar-refractivity contribution in [3.63, 3.8) is 0 Å². The van der Waals surface area contributed by atoms with Crippen molar-refractivity contribution in [2.45, 2.75) is 39.7 Å². The van der Waals surface area contributed by atoms with Crippen LogP contribution >= 0.6 is 11.3 Å². The molecule has 2 rings (SSSR count). The van der Waals surface area contributed by atoms with Crippen LogP contribution in [0.15, 0.2) is 16.2 Å². The SMILES string of the molecule is CCNC(C)C(c1nc(-c2cncs2)no1)C(C)C. The van der Waals surface area contributed by atoms with E-state index in [1.165, 1.54) is 11.3 Å². The number of hydrogen-bond donors (Lipinski definition) is 1. The highest BCUT2D eigenvalue weighted by Gasteiger charge is 2.28. The van der Waals surface area contributed by atoms with Gasteiger partial charge in [0, 0.05) is 12.2 Å². The van der Waals surface area contributed by atoms with E-state index in [2.05, 4.69) is 48.1 Å². The van der Waals surface area contributed by atoms with Gasteiger partial charge in [-0.1, -0.05) is 25.9 Å². The van der Waals surface area contributed by atoms with Crippen molar-refractivity contribution >= 4 is 11.3 Å². The molecule has 0 radical (unpaired) electrons. The minimum absolute atomic E-state index is 0.217. The molecule has 2 aromatic rings. The molecular weight excluding hydrogens is 260 g/mol. The first kappa shape index (κ1) is 14.1. The lowest BCUT2D eigenvalue weighted by molar-refractivity contribution is 0.281. The topological polar surface area (TPSA) is 63.8 Å². The molecule has 6 heteroatoms. The average molecular weight is 280 g/mol. The van der Waals surface area contributed by atoms with Gasteiger partial charge in [0.25, 0.3) is 0 Å². The summed E-state index contributed by atoms with van der Waals surface area (Å²) in [7, 11) is 0. The summed E-state index contributed by atoms with van der Waals surface area (Å²) in [5.41, 5.74) is 1.77. The Bertz CT molecular complexity index is 494. The number of nitrogens with zero attached hydrogens (tertiary/aromatic N) is 3. The highest BCUT2D eigenvalue weighted by atomic mass is 32.1. The molecule has 0 spiro atoms. The molecule has 0 saturated heterocycles. The van der Waals surface area contributed by atoms with E-state index in [4.69, 9.17) is 4.52 Å². The maximum atomic E-state index is 5.46. The molecular formula is C13H20N4OS. The molecule has 1 N–H and O–H groups in total. The van der Waals surface area contributed by atoms with E-state index in [0.717, 1.165) is 11.4 Å². The van der Waals surface area contributed by atoms with Crippen molar-refractivity contribution in [1.29, 1.82) is 0 Å². The number of rotatable bonds is 6. The van der Waals surface area contributed by atoms with Crippen LogP contribution in [0.4, 0.5) is 0 Å². The first-order chi connectivity index (χ1) is 9.13. The Hall–Kier alpha value is -1.27. The summed E-state index contributed by atoms with van der Waals surface area (Å²) in [5.74, 6) is 1.98. The molecule has 0 bridgehead atoms. The predicted molar refractivity (Wildman–Crippen MR) is 76.1 cm³/mol. The summed E-state index contributed by atoms with van der Waals surface area (Å²) < 4.78 is 5.46. The van der Waals surface area contributed by atoms with Gasteiger partial charge < -0.3 is 9.84 Å². The van der Waals surface area contributed by atoms with Crippen molar-refractivity contribution in [1.82, 2.24) is 20.4 Å². The standard InChI is InChI=1S/C13H20N4OS/c1-5-15-9(4)11(8(2)3)13-16-12(17-18-13)10-6-14-7-19-10/h6-9,11,15H,5H2,1-4H3. The van der Waals surface area contributed by atoms with Crippen LogP contribution in [0, 0.1) is 5.92 Å². The maximum absolute atomic E-state index is 5.46. The quantitative estimate of drug-likeness (QED) is 0.881. The van der Waals surface area contributed by atoms with E-state index in [9.17, 15) is 0 Å².